The van der Waals surface area contributed by atoms with Gasteiger partial charge in [0.25, 0.3) is 0 Å². The highest BCUT2D eigenvalue weighted by molar-refractivity contribution is 5.79. The summed E-state index contributed by atoms with van der Waals surface area (Å²) in [5.41, 5.74) is 0. The molecule has 1 rings (SSSR count). The molecule has 0 aromatic rings. The van der Waals surface area contributed by atoms with E-state index in [-0.39, 0.29) is 24.2 Å². The van der Waals surface area contributed by atoms with Gasteiger partial charge in [-0.2, -0.15) is 0 Å². The first-order valence-electron chi connectivity index (χ1n) is 8.28. The van der Waals surface area contributed by atoms with Crippen LogP contribution in [0.3, 0.4) is 0 Å². The Morgan fingerprint density at radius 1 is 1.18 bits per heavy atom. The minimum Gasteiger partial charge on any atom is -0.469 e. The molecule has 1 heterocycles. The Balaban J connectivity index is 2.55. The van der Waals surface area contributed by atoms with Crippen LogP contribution < -0.4 is 0 Å². The number of carbonyl (C=O) groups is 2. The summed E-state index contributed by atoms with van der Waals surface area (Å²) in [7, 11) is 1.38. The number of hydrogen-bond acceptors (Lipinski definition) is 5. The molecule has 0 spiro atoms. The number of esters is 1. The first kappa shape index (κ1) is 18.9. The summed E-state index contributed by atoms with van der Waals surface area (Å²) >= 11 is 0. The summed E-state index contributed by atoms with van der Waals surface area (Å²) in [5, 5.41) is 0. The molecule has 128 valence electrons. The fourth-order valence-electron chi connectivity index (χ4n) is 2.64. The molecule has 1 saturated heterocycles. The first-order valence-corrected chi connectivity index (χ1v) is 8.28. The van der Waals surface area contributed by atoms with E-state index in [1.54, 1.807) is 0 Å². The molecule has 0 bridgehead atoms. The van der Waals surface area contributed by atoms with Crippen LogP contribution in [-0.4, -0.2) is 74.7 Å². The molecule has 1 aliphatic rings. The summed E-state index contributed by atoms with van der Waals surface area (Å²) in [6.07, 6.45) is 1.93. The lowest BCUT2D eigenvalue weighted by molar-refractivity contribution is -0.142. The van der Waals surface area contributed by atoms with Gasteiger partial charge in [-0.3, -0.25) is 14.5 Å². The summed E-state index contributed by atoms with van der Waals surface area (Å²) in [5.74, 6) is -0.0711. The van der Waals surface area contributed by atoms with Gasteiger partial charge in [0.2, 0.25) is 5.91 Å². The predicted molar refractivity (Wildman–Crippen MR) is 84.5 cm³/mol. The third kappa shape index (κ3) is 6.32. The molecule has 6 nitrogen and oxygen atoms in total. The highest BCUT2D eigenvalue weighted by Crippen LogP contribution is 2.13. The van der Waals surface area contributed by atoms with Crippen molar-refractivity contribution in [2.45, 2.75) is 33.1 Å². The largest absolute Gasteiger partial charge is 0.469 e. The Morgan fingerprint density at radius 2 is 1.82 bits per heavy atom. The van der Waals surface area contributed by atoms with Crippen LogP contribution in [0.2, 0.25) is 0 Å². The average Bonchev–Trinajstić information content (AvgIpc) is 2.56. The summed E-state index contributed by atoms with van der Waals surface area (Å²) < 4.78 is 10.0. The van der Waals surface area contributed by atoms with Gasteiger partial charge in [-0.1, -0.05) is 13.8 Å². The maximum Gasteiger partial charge on any atom is 0.307 e. The highest BCUT2D eigenvalue weighted by atomic mass is 16.5. The molecular formula is C16H30N2O4. The SMILES string of the molecule is CCC(CC)C(=O)N(CCC(=O)OC)CCN1CCOCC1. The zero-order chi connectivity index (χ0) is 16.4. The molecule has 6 heteroatoms. The van der Waals surface area contributed by atoms with Gasteiger partial charge in [0.15, 0.2) is 0 Å². The number of methoxy groups -OCH3 is 1. The predicted octanol–water partition coefficient (Wildman–Crippen LogP) is 1.15. The van der Waals surface area contributed by atoms with Gasteiger partial charge in [0.05, 0.1) is 26.7 Å². The molecule has 0 radical (unpaired) electrons. The monoisotopic (exact) mass is 314 g/mol. The van der Waals surface area contributed by atoms with Gasteiger partial charge >= 0.3 is 5.97 Å². The van der Waals surface area contributed by atoms with E-state index >= 15 is 0 Å². The molecular weight excluding hydrogens is 284 g/mol. The standard InChI is InChI=1S/C16H30N2O4/c1-4-14(5-2)16(20)18(7-6-15(19)21-3)9-8-17-10-12-22-13-11-17/h14H,4-13H2,1-3H3. The first-order chi connectivity index (χ1) is 10.6. The lowest BCUT2D eigenvalue weighted by Gasteiger charge is -2.31. The van der Waals surface area contributed by atoms with Crippen LogP contribution in [0.5, 0.6) is 0 Å². The van der Waals surface area contributed by atoms with Crippen LogP contribution >= 0.6 is 0 Å². The second-order valence-corrected chi connectivity index (χ2v) is 5.62. The van der Waals surface area contributed by atoms with E-state index in [1.807, 2.05) is 18.7 Å². The Kier molecular flexibility index (Phi) is 9.08. The topological polar surface area (TPSA) is 59.1 Å². The number of hydrogen-bond donors (Lipinski definition) is 0. The molecule has 0 aliphatic carbocycles. The van der Waals surface area contributed by atoms with E-state index in [9.17, 15) is 9.59 Å². The van der Waals surface area contributed by atoms with Crippen molar-refractivity contribution >= 4 is 11.9 Å². The Bertz CT molecular complexity index is 339. The van der Waals surface area contributed by atoms with E-state index in [0.717, 1.165) is 45.7 Å². The third-order valence-electron chi connectivity index (χ3n) is 4.25. The Morgan fingerprint density at radius 3 is 2.36 bits per heavy atom. The molecule has 0 atom stereocenters. The Hall–Kier alpha value is -1.14. The zero-order valence-electron chi connectivity index (χ0n) is 14.2. The second kappa shape index (κ2) is 10.6. The number of rotatable bonds is 9. The summed E-state index contributed by atoms with van der Waals surface area (Å²) in [6.45, 7) is 9.31. The third-order valence-corrected chi connectivity index (χ3v) is 4.25. The molecule has 0 unspecified atom stereocenters. The van der Waals surface area contributed by atoms with Crippen molar-refractivity contribution in [2.75, 3.05) is 53.0 Å². The highest BCUT2D eigenvalue weighted by Gasteiger charge is 2.23. The number of carbonyl (C=O) groups excluding carboxylic acids is 2. The molecule has 1 aliphatic heterocycles. The maximum absolute atomic E-state index is 12.6. The van der Waals surface area contributed by atoms with Gasteiger partial charge in [-0.05, 0) is 12.8 Å². The van der Waals surface area contributed by atoms with Crippen LogP contribution in [0.25, 0.3) is 0 Å². The molecule has 0 aromatic carbocycles. The van der Waals surface area contributed by atoms with Crippen LogP contribution in [0.1, 0.15) is 33.1 Å². The smallest absolute Gasteiger partial charge is 0.307 e. The molecule has 0 N–H and O–H groups in total. The van der Waals surface area contributed by atoms with Gasteiger partial charge in [0, 0.05) is 38.6 Å². The van der Waals surface area contributed by atoms with E-state index in [4.69, 9.17) is 4.74 Å². The van der Waals surface area contributed by atoms with Crippen molar-refractivity contribution in [2.24, 2.45) is 5.92 Å². The van der Waals surface area contributed by atoms with Crippen molar-refractivity contribution in [3.05, 3.63) is 0 Å². The minimum absolute atomic E-state index is 0.0438. The number of morpholine rings is 1. The lowest BCUT2D eigenvalue weighted by atomic mass is 10.0. The van der Waals surface area contributed by atoms with Crippen molar-refractivity contribution in [1.82, 2.24) is 9.80 Å². The quantitative estimate of drug-likeness (QED) is 0.598. The molecule has 1 fully saturated rings. The number of ether oxygens (including phenoxy) is 2. The van der Waals surface area contributed by atoms with Crippen LogP contribution in [0.15, 0.2) is 0 Å². The Labute approximate surface area is 133 Å². The van der Waals surface area contributed by atoms with Gasteiger partial charge < -0.3 is 14.4 Å². The molecule has 1 amide bonds. The fourth-order valence-corrected chi connectivity index (χ4v) is 2.64. The summed E-state index contributed by atoms with van der Waals surface area (Å²) in [4.78, 5) is 28.1. The van der Waals surface area contributed by atoms with Crippen LogP contribution in [-0.2, 0) is 19.1 Å². The van der Waals surface area contributed by atoms with Crippen molar-refractivity contribution < 1.29 is 19.1 Å². The van der Waals surface area contributed by atoms with E-state index in [2.05, 4.69) is 9.64 Å². The van der Waals surface area contributed by atoms with E-state index in [1.165, 1.54) is 7.11 Å². The lowest BCUT2D eigenvalue weighted by Crippen LogP contribution is -2.45. The number of amides is 1. The van der Waals surface area contributed by atoms with Crippen molar-refractivity contribution in [1.29, 1.82) is 0 Å². The second-order valence-electron chi connectivity index (χ2n) is 5.62. The normalized spacial score (nSPS) is 15.8. The molecule has 0 aromatic heterocycles. The summed E-state index contributed by atoms with van der Waals surface area (Å²) in [6, 6.07) is 0. The molecule has 0 saturated carbocycles. The van der Waals surface area contributed by atoms with Crippen molar-refractivity contribution in [3.8, 4) is 0 Å². The minimum atomic E-state index is -0.270. The van der Waals surface area contributed by atoms with Crippen molar-refractivity contribution in [3.63, 3.8) is 0 Å². The zero-order valence-corrected chi connectivity index (χ0v) is 14.2. The van der Waals surface area contributed by atoms with Gasteiger partial charge in [-0.25, -0.2) is 0 Å². The van der Waals surface area contributed by atoms with Crippen LogP contribution in [0.4, 0.5) is 0 Å². The number of nitrogens with zero attached hydrogens (tertiary/aromatic N) is 2. The average molecular weight is 314 g/mol. The molecule has 22 heavy (non-hydrogen) atoms. The maximum atomic E-state index is 12.6. The van der Waals surface area contributed by atoms with E-state index in [0.29, 0.717) is 13.1 Å². The fraction of sp³-hybridized carbons (Fsp3) is 0.875. The van der Waals surface area contributed by atoms with Gasteiger partial charge in [-0.15, -0.1) is 0 Å². The van der Waals surface area contributed by atoms with Gasteiger partial charge in [0.1, 0.15) is 0 Å². The van der Waals surface area contributed by atoms with E-state index < -0.39 is 0 Å². The van der Waals surface area contributed by atoms with Crippen LogP contribution in [0, 0.1) is 5.92 Å².